The van der Waals surface area contributed by atoms with Gasteiger partial charge in [0.1, 0.15) is 5.75 Å². The summed E-state index contributed by atoms with van der Waals surface area (Å²) in [6.07, 6.45) is -3.83. The molecule has 0 saturated heterocycles. The lowest BCUT2D eigenvalue weighted by atomic mass is 10.1. The Morgan fingerprint density at radius 2 is 1.89 bits per heavy atom. The van der Waals surface area contributed by atoms with Crippen LogP contribution in [0.15, 0.2) is 18.2 Å². The van der Waals surface area contributed by atoms with Crippen LogP contribution < -0.4 is 4.74 Å². The minimum absolute atomic E-state index is 0.108. The molecule has 0 fully saturated rings. The molecule has 19 heavy (non-hydrogen) atoms. The van der Waals surface area contributed by atoms with E-state index in [4.69, 9.17) is 10.00 Å². The van der Waals surface area contributed by atoms with Crippen LogP contribution in [0.2, 0.25) is 0 Å². The number of nitriles is 1. The maximum absolute atomic E-state index is 12.6. The third kappa shape index (κ3) is 4.47. The number of halogens is 3. The predicted molar refractivity (Wildman–Crippen MR) is 65.7 cm³/mol. The summed E-state index contributed by atoms with van der Waals surface area (Å²) in [7, 11) is 0. The van der Waals surface area contributed by atoms with E-state index in [-0.39, 0.29) is 11.9 Å². The van der Waals surface area contributed by atoms with E-state index in [2.05, 4.69) is 0 Å². The molecule has 0 aliphatic heterocycles. The maximum Gasteiger partial charge on any atom is 0.417 e. The topological polar surface area (TPSA) is 33.0 Å². The van der Waals surface area contributed by atoms with Crippen molar-refractivity contribution in [3.63, 3.8) is 0 Å². The van der Waals surface area contributed by atoms with Gasteiger partial charge in [-0.25, -0.2) is 0 Å². The fourth-order valence-electron chi connectivity index (χ4n) is 1.88. The van der Waals surface area contributed by atoms with Crippen LogP contribution in [0.1, 0.15) is 38.3 Å². The van der Waals surface area contributed by atoms with E-state index < -0.39 is 17.3 Å². The van der Waals surface area contributed by atoms with Crippen molar-refractivity contribution < 1.29 is 17.9 Å². The highest BCUT2D eigenvalue weighted by atomic mass is 19.4. The molecule has 104 valence electrons. The quantitative estimate of drug-likeness (QED) is 0.813. The van der Waals surface area contributed by atoms with Crippen molar-refractivity contribution in [1.29, 1.82) is 5.26 Å². The first kappa shape index (κ1) is 15.4. The van der Waals surface area contributed by atoms with Crippen molar-refractivity contribution >= 4 is 0 Å². The van der Waals surface area contributed by atoms with Gasteiger partial charge in [-0.15, -0.1) is 0 Å². The molecule has 5 heteroatoms. The Hall–Kier alpha value is -1.70. The fraction of sp³-hybridized carbons (Fsp3) is 0.500. The second kappa shape index (κ2) is 5.96. The van der Waals surface area contributed by atoms with Crippen LogP contribution in [0, 0.1) is 17.2 Å². The zero-order valence-corrected chi connectivity index (χ0v) is 11.1. The molecule has 1 aromatic rings. The molecule has 1 aromatic carbocycles. The number of nitrogens with zero attached hydrogens (tertiary/aromatic N) is 1. The number of ether oxygens (including phenoxy) is 1. The molecular weight excluding hydrogens is 255 g/mol. The minimum atomic E-state index is -4.52. The largest absolute Gasteiger partial charge is 0.491 e. The molecule has 0 spiro atoms. The van der Waals surface area contributed by atoms with E-state index in [1.54, 1.807) is 6.07 Å². The Bertz CT molecular complexity index is 475. The van der Waals surface area contributed by atoms with E-state index >= 15 is 0 Å². The standard InChI is InChI=1S/C14H16F3NO/c1-9(2)6-10(3)19-12-4-5-13(14(15,16)17)11(7-12)8-18/h4-5,7,9-10H,6H2,1-3H3. The lowest BCUT2D eigenvalue weighted by Gasteiger charge is -2.17. The maximum atomic E-state index is 12.6. The second-order valence-electron chi connectivity index (χ2n) is 4.87. The van der Waals surface area contributed by atoms with Gasteiger partial charge in [0.15, 0.2) is 0 Å². The molecule has 0 aliphatic carbocycles. The van der Waals surface area contributed by atoms with Gasteiger partial charge in [-0.1, -0.05) is 13.8 Å². The lowest BCUT2D eigenvalue weighted by molar-refractivity contribution is -0.137. The first-order valence-electron chi connectivity index (χ1n) is 6.02. The summed E-state index contributed by atoms with van der Waals surface area (Å²) in [5.74, 6) is 0.720. The Morgan fingerprint density at radius 3 is 2.37 bits per heavy atom. The normalized spacial score (nSPS) is 13.2. The highest BCUT2D eigenvalue weighted by molar-refractivity contribution is 5.44. The smallest absolute Gasteiger partial charge is 0.417 e. The van der Waals surface area contributed by atoms with Crippen molar-refractivity contribution in [3.05, 3.63) is 29.3 Å². The summed E-state index contributed by atoms with van der Waals surface area (Å²) < 4.78 is 43.3. The van der Waals surface area contributed by atoms with Crippen LogP contribution in [0.5, 0.6) is 5.75 Å². The Morgan fingerprint density at radius 1 is 1.26 bits per heavy atom. The molecule has 1 rings (SSSR count). The van der Waals surface area contributed by atoms with Crippen LogP contribution in [0.3, 0.4) is 0 Å². The third-order valence-corrected chi connectivity index (χ3v) is 2.56. The van der Waals surface area contributed by atoms with Gasteiger partial charge in [-0.05, 0) is 37.5 Å². The summed E-state index contributed by atoms with van der Waals surface area (Å²) >= 11 is 0. The van der Waals surface area contributed by atoms with Crippen molar-refractivity contribution in [2.75, 3.05) is 0 Å². The summed E-state index contributed by atoms with van der Waals surface area (Å²) in [4.78, 5) is 0. The third-order valence-electron chi connectivity index (χ3n) is 2.56. The van der Waals surface area contributed by atoms with Gasteiger partial charge < -0.3 is 4.74 Å². The first-order valence-corrected chi connectivity index (χ1v) is 6.02. The molecule has 0 aromatic heterocycles. The predicted octanol–water partition coefficient (Wildman–Crippen LogP) is 4.39. The van der Waals surface area contributed by atoms with Crippen LogP contribution in [0.4, 0.5) is 13.2 Å². The van der Waals surface area contributed by atoms with E-state index in [1.165, 1.54) is 6.07 Å². The zero-order chi connectivity index (χ0) is 14.6. The summed E-state index contributed by atoms with van der Waals surface area (Å²) in [6.45, 7) is 5.92. The van der Waals surface area contributed by atoms with Crippen LogP contribution in [0.25, 0.3) is 0 Å². The van der Waals surface area contributed by atoms with Crippen LogP contribution in [-0.2, 0) is 6.18 Å². The van der Waals surface area contributed by atoms with Gasteiger partial charge in [0, 0.05) is 0 Å². The molecule has 0 amide bonds. The number of alkyl halides is 3. The number of rotatable bonds is 4. The van der Waals surface area contributed by atoms with Crippen molar-refractivity contribution in [1.82, 2.24) is 0 Å². The number of hydrogen-bond acceptors (Lipinski definition) is 2. The molecule has 0 aliphatic rings. The molecule has 1 atom stereocenters. The second-order valence-corrected chi connectivity index (χ2v) is 4.87. The Kier molecular flexibility index (Phi) is 4.82. The summed E-state index contributed by atoms with van der Waals surface area (Å²) in [6, 6.07) is 4.83. The summed E-state index contributed by atoms with van der Waals surface area (Å²) in [5, 5.41) is 8.78. The van der Waals surface area contributed by atoms with Crippen molar-refractivity contribution in [2.24, 2.45) is 5.92 Å². The highest BCUT2D eigenvalue weighted by Gasteiger charge is 2.33. The SMILES string of the molecule is CC(C)CC(C)Oc1ccc(C(F)(F)F)c(C#N)c1. The van der Waals surface area contributed by atoms with E-state index in [1.807, 2.05) is 20.8 Å². The zero-order valence-electron chi connectivity index (χ0n) is 11.1. The molecule has 0 saturated carbocycles. The lowest BCUT2D eigenvalue weighted by Crippen LogP contribution is -2.15. The van der Waals surface area contributed by atoms with E-state index in [9.17, 15) is 13.2 Å². The minimum Gasteiger partial charge on any atom is -0.491 e. The van der Waals surface area contributed by atoms with Crippen molar-refractivity contribution in [3.8, 4) is 11.8 Å². The Labute approximate surface area is 110 Å². The molecule has 2 nitrogen and oxygen atoms in total. The Balaban J connectivity index is 2.93. The van der Waals surface area contributed by atoms with Crippen molar-refractivity contribution in [2.45, 2.75) is 39.5 Å². The van der Waals surface area contributed by atoms with Gasteiger partial charge >= 0.3 is 6.18 Å². The fourth-order valence-corrected chi connectivity index (χ4v) is 1.88. The van der Waals surface area contributed by atoms with Crippen LogP contribution >= 0.6 is 0 Å². The average Bonchev–Trinajstić information content (AvgIpc) is 2.25. The average molecular weight is 271 g/mol. The highest BCUT2D eigenvalue weighted by Crippen LogP contribution is 2.33. The molecule has 0 heterocycles. The molecule has 0 radical (unpaired) electrons. The van der Waals surface area contributed by atoms with E-state index in [0.717, 1.165) is 18.6 Å². The number of hydrogen-bond donors (Lipinski definition) is 0. The first-order chi connectivity index (χ1) is 8.74. The molecule has 0 bridgehead atoms. The van der Waals surface area contributed by atoms with Gasteiger partial charge in [0.2, 0.25) is 0 Å². The van der Waals surface area contributed by atoms with Gasteiger partial charge in [-0.3, -0.25) is 0 Å². The summed E-state index contributed by atoms with van der Waals surface area (Å²) in [5.41, 5.74) is -1.35. The van der Waals surface area contributed by atoms with Gasteiger partial charge in [0.25, 0.3) is 0 Å². The van der Waals surface area contributed by atoms with Gasteiger partial charge in [-0.2, -0.15) is 18.4 Å². The molecular formula is C14H16F3NO. The van der Waals surface area contributed by atoms with E-state index in [0.29, 0.717) is 5.92 Å². The molecule has 0 N–H and O–H groups in total. The van der Waals surface area contributed by atoms with Crippen LogP contribution in [-0.4, -0.2) is 6.10 Å². The number of benzene rings is 1. The monoisotopic (exact) mass is 271 g/mol. The van der Waals surface area contributed by atoms with Gasteiger partial charge in [0.05, 0.1) is 23.3 Å². The molecule has 1 unspecified atom stereocenters.